The number of rotatable bonds is 7. The number of aryl methyl sites for hydroxylation is 2. The highest BCUT2D eigenvalue weighted by Crippen LogP contribution is 2.22. The normalized spacial score (nSPS) is 10.8. The summed E-state index contributed by atoms with van der Waals surface area (Å²) in [5, 5.41) is 10.7. The molecule has 130 valence electrons. The summed E-state index contributed by atoms with van der Waals surface area (Å²) in [5.41, 5.74) is 1.33. The van der Waals surface area contributed by atoms with Crippen LogP contribution in [-0.2, 0) is 17.6 Å². The van der Waals surface area contributed by atoms with E-state index in [1.165, 1.54) is 6.07 Å². The summed E-state index contributed by atoms with van der Waals surface area (Å²) in [6, 6.07) is 8.28. The molecular formula is C18H18FN3O3. The zero-order valence-corrected chi connectivity index (χ0v) is 13.8. The number of hydrogen-bond donors (Lipinski definition) is 1. The second-order valence-electron chi connectivity index (χ2n) is 5.58. The Kier molecular flexibility index (Phi) is 5.23. The number of halogens is 1. The monoisotopic (exact) mass is 343 g/mol. The van der Waals surface area contributed by atoms with Crippen molar-refractivity contribution in [1.82, 2.24) is 15.5 Å². The second-order valence-corrected chi connectivity index (χ2v) is 5.58. The number of aromatic nitrogens is 2. The van der Waals surface area contributed by atoms with Crippen molar-refractivity contribution in [3.05, 3.63) is 59.6 Å². The Labute approximate surface area is 144 Å². The van der Waals surface area contributed by atoms with Crippen LogP contribution in [0.15, 0.2) is 45.4 Å². The molecule has 0 unspecified atom stereocenters. The van der Waals surface area contributed by atoms with Crippen LogP contribution in [-0.4, -0.2) is 22.6 Å². The van der Waals surface area contributed by atoms with Crippen LogP contribution in [0.25, 0.3) is 11.5 Å². The predicted octanol–water partition coefficient (Wildman–Crippen LogP) is 3.07. The SMILES string of the molecule is Cc1occc1-c1nnc(CCC(=O)NCCc2ccccc2F)o1. The first-order valence-electron chi connectivity index (χ1n) is 8.00. The molecule has 1 N–H and O–H groups in total. The molecule has 2 aromatic heterocycles. The zero-order chi connectivity index (χ0) is 17.6. The van der Waals surface area contributed by atoms with Gasteiger partial charge in [0.15, 0.2) is 0 Å². The van der Waals surface area contributed by atoms with E-state index in [9.17, 15) is 9.18 Å². The molecule has 1 aromatic carbocycles. The number of carbonyl (C=O) groups is 1. The van der Waals surface area contributed by atoms with Gasteiger partial charge >= 0.3 is 0 Å². The van der Waals surface area contributed by atoms with Gasteiger partial charge in [-0.25, -0.2) is 4.39 Å². The lowest BCUT2D eigenvalue weighted by atomic mass is 10.1. The molecule has 0 aliphatic rings. The minimum atomic E-state index is -0.260. The Hall–Kier alpha value is -2.96. The van der Waals surface area contributed by atoms with Crippen LogP contribution < -0.4 is 5.32 Å². The van der Waals surface area contributed by atoms with Gasteiger partial charge in [-0.05, 0) is 31.0 Å². The molecule has 0 radical (unpaired) electrons. The van der Waals surface area contributed by atoms with E-state index in [1.807, 2.05) is 6.92 Å². The topological polar surface area (TPSA) is 81.2 Å². The summed E-state index contributed by atoms with van der Waals surface area (Å²) >= 11 is 0. The lowest BCUT2D eigenvalue weighted by Crippen LogP contribution is -2.26. The largest absolute Gasteiger partial charge is 0.469 e. The molecule has 7 heteroatoms. The smallest absolute Gasteiger partial charge is 0.251 e. The third-order valence-electron chi connectivity index (χ3n) is 3.80. The first-order chi connectivity index (χ1) is 12.1. The minimum Gasteiger partial charge on any atom is -0.469 e. The number of carbonyl (C=O) groups excluding carboxylic acids is 1. The van der Waals surface area contributed by atoms with Crippen molar-refractivity contribution in [2.45, 2.75) is 26.2 Å². The fraction of sp³-hybridized carbons (Fsp3) is 0.278. The fourth-order valence-electron chi connectivity index (χ4n) is 2.42. The summed E-state index contributed by atoms with van der Waals surface area (Å²) in [5.74, 6) is 1.06. The maximum atomic E-state index is 13.5. The highest BCUT2D eigenvalue weighted by molar-refractivity contribution is 5.76. The quantitative estimate of drug-likeness (QED) is 0.713. The molecule has 6 nitrogen and oxygen atoms in total. The Balaban J connectivity index is 1.44. The maximum absolute atomic E-state index is 13.5. The van der Waals surface area contributed by atoms with Crippen LogP contribution in [0.5, 0.6) is 0 Å². The highest BCUT2D eigenvalue weighted by atomic mass is 19.1. The molecule has 3 rings (SSSR count). The number of amides is 1. The van der Waals surface area contributed by atoms with E-state index < -0.39 is 0 Å². The van der Waals surface area contributed by atoms with E-state index in [0.29, 0.717) is 42.5 Å². The molecule has 0 atom stereocenters. The molecule has 0 saturated heterocycles. The van der Waals surface area contributed by atoms with Crippen LogP contribution in [0.4, 0.5) is 4.39 Å². The Morgan fingerprint density at radius 2 is 2.04 bits per heavy atom. The van der Waals surface area contributed by atoms with Crippen LogP contribution in [0.1, 0.15) is 23.6 Å². The van der Waals surface area contributed by atoms with Crippen molar-refractivity contribution >= 4 is 5.91 Å². The van der Waals surface area contributed by atoms with Gasteiger partial charge in [0.2, 0.25) is 11.8 Å². The first kappa shape index (κ1) is 16.9. The summed E-state index contributed by atoms with van der Waals surface area (Å²) in [7, 11) is 0. The van der Waals surface area contributed by atoms with E-state index >= 15 is 0 Å². The van der Waals surface area contributed by atoms with Crippen molar-refractivity contribution in [3.63, 3.8) is 0 Å². The van der Waals surface area contributed by atoms with Gasteiger partial charge in [0.25, 0.3) is 5.89 Å². The van der Waals surface area contributed by atoms with E-state index in [4.69, 9.17) is 8.83 Å². The van der Waals surface area contributed by atoms with Crippen molar-refractivity contribution < 1.29 is 18.0 Å². The first-order valence-corrected chi connectivity index (χ1v) is 8.00. The average molecular weight is 343 g/mol. The molecule has 0 saturated carbocycles. The average Bonchev–Trinajstić information content (AvgIpc) is 3.23. The molecule has 25 heavy (non-hydrogen) atoms. The third-order valence-corrected chi connectivity index (χ3v) is 3.80. The van der Waals surface area contributed by atoms with E-state index in [0.717, 1.165) is 5.56 Å². The molecular weight excluding hydrogens is 325 g/mol. The number of furan rings is 1. The van der Waals surface area contributed by atoms with Crippen molar-refractivity contribution in [2.75, 3.05) is 6.54 Å². The lowest BCUT2D eigenvalue weighted by molar-refractivity contribution is -0.121. The second kappa shape index (κ2) is 7.74. The molecule has 1 amide bonds. The maximum Gasteiger partial charge on any atom is 0.251 e. The standard InChI is InChI=1S/C18H18FN3O3/c1-12-14(9-11-24-12)18-22-21-17(25-18)7-6-16(23)20-10-8-13-4-2-3-5-15(13)19/h2-5,9,11H,6-8,10H2,1H3,(H,20,23). The molecule has 0 aliphatic heterocycles. The fourth-order valence-corrected chi connectivity index (χ4v) is 2.42. The summed E-state index contributed by atoms with van der Waals surface area (Å²) < 4.78 is 24.2. The number of nitrogens with zero attached hydrogens (tertiary/aromatic N) is 2. The lowest BCUT2D eigenvalue weighted by Gasteiger charge is -2.05. The Bertz CT molecular complexity index is 857. The molecule has 0 aliphatic carbocycles. The van der Waals surface area contributed by atoms with Gasteiger partial charge in [0.1, 0.15) is 11.6 Å². The van der Waals surface area contributed by atoms with Crippen LogP contribution in [0, 0.1) is 12.7 Å². The minimum absolute atomic E-state index is 0.143. The number of benzene rings is 1. The van der Waals surface area contributed by atoms with Gasteiger partial charge in [-0.1, -0.05) is 18.2 Å². The predicted molar refractivity (Wildman–Crippen MR) is 88.2 cm³/mol. The van der Waals surface area contributed by atoms with Gasteiger partial charge in [-0.15, -0.1) is 10.2 Å². The number of nitrogens with one attached hydrogen (secondary N) is 1. The van der Waals surface area contributed by atoms with Crippen molar-refractivity contribution in [2.24, 2.45) is 0 Å². The molecule has 3 aromatic rings. The van der Waals surface area contributed by atoms with Crippen LogP contribution in [0.3, 0.4) is 0 Å². The summed E-state index contributed by atoms with van der Waals surface area (Å²) in [6.07, 6.45) is 2.57. The third kappa shape index (κ3) is 4.32. The van der Waals surface area contributed by atoms with E-state index in [1.54, 1.807) is 30.5 Å². The summed E-state index contributed by atoms with van der Waals surface area (Å²) in [6.45, 7) is 2.19. The number of hydrogen-bond acceptors (Lipinski definition) is 5. The van der Waals surface area contributed by atoms with Crippen LogP contribution >= 0.6 is 0 Å². The Morgan fingerprint density at radius 3 is 2.80 bits per heavy atom. The van der Waals surface area contributed by atoms with Gasteiger partial charge in [0.05, 0.1) is 11.8 Å². The van der Waals surface area contributed by atoms with Gasteiger partial charge in [-0.2, -0.15) is 0 Å². The summed E-state index contributed by atoms with van der Waals surface area (Å²) in [4.78, 5) is 11.9. The van der Waals surface area contributed by atoms with Gasteiger partial charge < -0.3 is 14.2 Å². The van der Waals surface area contributed by atoms with E-state index in [2.05, 4.69) is 15.5 Å². The highest BCUT2D eigenvalue weighted by Gasteiger charge is 2.13. The van der Waals surface area contributed by atoms with Crippen molar-refractivity contribution in [3.8, 4) is 11.5 Å². The van der Waals surface area contributed by atoms with Crippen molar-refractivity contribution in [1.29, 1.82) is 0 Å². The zero-order valence-electron chi connectivity index (χ0n) is 13.8. The van der Waals surface area contributed by atoms with Gasteiger partial charge in [-0.3, -0.25) is 4.79 Å². The van der Waals surface area contributed by atoms with Crippen LogP contribution in [0.2, 0.25) is 0 Å². The van der Waals surface area contributed by atoms with E-state index in [-0.39, 0.29) is 18.1 Å². The molecule has 2 heterocycles. The molecule has 0 fully saturated rings. The molecule has 0 spiro atoms. The Morgan fingerprint density at radius 1 is 1.20 bits per heavy atom. The molecule has 0 bridgehead atoms. The van der Waals surface area contributed by atoms with Gasteiger partial charge in [0, 0.05) is 19.4 Å².